The molecule has 0 saturated carbocycles. The van der Waals surface area contributed by atoms with Crippen LogP contribution in [0.25, 0.3) is 0 Å². The first-order chi connectivity index (χ1) is 17.2. The predicted molar refractivity (Wildman–Crippen MR) is 139 cm³/mol. The van der Waals surface area contributed by atoms with Gasteiger partial charge >= 0.3 is 0 Å². The van der Waals surface area contributed by atoms with Crippen LogP contribution in [0, 0.1) is 0 Å². The molecule has 3 aromatic rings. The molecule has 35 heavy (non-hydrogen) atoms. The number of methoxy groups -OCH3 is 1. The first-order valence-corrected chi connectivity index (χ1v) is 12.0. The SMILES string of the molecule is COc1ccccc1N(C)c1ccnc(Nc2cc(N3CCOCC3)cc(N3CCOCC3)c2)n1. The summed E-state index contributed by atoms with van der Waals surface area (Å²) in [5.74, 6) is 2.09. The number of aromatic nitrogens is 2. The summed E-state index contributed by atoms with van der Waals surface area (Å²) in [6.07, 6.45) is 1.77. The van der Waals surface area contributed by atoms with Gasteiger partial charge in [0.15, 0.2) is 0 Å². The second-order valence-corrected chi connectivity index (χ2v) is 8.53. The molecule has 0 radical (unpaired) electrons. The number of hydrogen-bond acceptors (Lipinski definition) is 9. The Morgan fingerprint density at radius 1 is 0.886 bits per heavy atom. The lowest BCUT2D eigenvalue weighted by atomic mass is 10.2. The van der Waals surface area contributed by atoms with Crippen molar-refractivity contribution in [3.05, 3.63) is 54.7 Å². The summed E-state index contributed by atoms with van der Waals surface area (Å²) >= 11 is 0. The number of ether oxygens (including phenoxy) is 3. The molecule has 2 aromatic carbocycles. The largest absolute Gasteiger partial charge is 0.495 e. The van der Waals surface area contributed by atoms with Gasteiger partial charge in [-0.3, -0.25) is 0 Å². The molecule has 0 unspecified atom stereocenters. The monoisotopic (exact) mass is 476 g/mol. The smallest absolute Gasteiger partial charge is 0.229 e. The van der Waals surface area contributed by atoms with Crippen LogP contribution in [0.1, 0.15) is 0 Å². The van der Waals surface area contributed by atoms with Gasteiger partial charge in [0.2, 0.25) is 5.95 Å². The summed E-state index contributed by atoms with van der Waals surface area (Å²) in [6, 6.07) is 16.4. The van der Waals surface area contributed by atoms with Crippen LogP contribution in [0.2, 0.25) is 0 Å². The van der Waals surface area contributed by atoms with E-state index in [9.17, 15) is 0 Å². The van der Waals surface area contributed by atoms with E-state index in [1.165, 1.54) is 11.4 Å². The van der Waals surface area contributed by atoms with Gasteiger partial charge in [-0.15, -0.1) is 0 Å². The molecule has 9 nitrogen and oxygen atoms in total. The normalized spacial score (nSPS) is 16.2. The average Bonchev–Trinajstić information content (AvgIpc) is 2.93. The quantitative estimate of drug-likeness (QED) is 0.550. The van der Waals surface area contributed by atoms with Crippen LogP contribution in [0.4, 0.5) is 34.5 Å². The number of benzene rings is 2. The van der Waals surface area contributed by atoms with E-state index in [0.29, 0.717) is 5.95 Å². The minimum atomic E-state index is 0.538. The molecule has 1 N–H and O–H groups in total. The van der Waals surface area contributed by atoms with Gasteiger partial charge in [0.25, 0.3) is 0 Å². The standard InChI is InChI=1S/C26H32N6O3/c1-30(23-5-3-4-6-24(23)33-2)25-7-8-27-26(29-25)28-20-17-21(31-9-13-34-14-10-31)19-22(18-20)32-11-15-35-16-12-32/h3-8,17-19H,9-16H2,1-2H3,(H,27,28,29). The topological polar surface area (TPSA) is 75.2 Å². The van der Waals surface area contributed by atoms with Gasteiger partial charge in [0, 0.05) is 56.5 Å². The van der Waals surface area contributed by atoms with Crippen molar-refractivity contribution in [3.8, 4) is 5.75 Å². The maximum atomic E-state index is 5.56. The van der Waals surface area contributed by atoms with E-state index in [-0.39, 0.29) is 0 Å². The number of nitrogens with zero attached hydrogens (tertiary/aromatic N) is 5. The molecule has 5 rings (SSSR count). The highest BCUT2D eigenvalue weighted by Crippen LogP contribution is 2.33. The zero-order valence-corrected chi connectivity index (χ0v) is 20.3. The lowest BCUT2D eigenvalue weighted by molar-refractivity contribution is 0.122. The van der Waals surface area contributed by atoms with Crippen molar-refractivity contribution in [1.82, 2.24) is 9.97 Å². The Labute approximate surface area is 206 Å². The maximum Gasteiger partial charge on any atom is 0.229 e. The van der Waals surface area contributed by atoms with Crippen LogP contribution < -0.4 is 24.8 Å². The molecule has 0 aliphatic carbocycles. The number of morpholine rings is 2. The van der Waals surface area contributed by atoms with Crippen LogP contribution in [0.3, 0.4) is 0 Å². The Bertz CT molecular complexity index is 1100. The van der Waals surface area contributed by atoms with E-state index in [1.807, 2.05) is 42.3 Å². The Hall–Kier alpha value is -3.56. The summed E-state index contributed by atoms with van der Waals surface area (Å²) in [5.41, 5.74) is 4.22. The highest BCUT2D eigenvalue weighted by atomic mass is 16.5. The van der Waals surface area contributed by atoms with Crippen molar-refractivity contribution < 1.29 is 14.2 Å². The molecule has 2 saturated heterocycles. The molecular formula is C26H32N6O3. The fraction of sp³-hybridized carbons (Fsp3) is 0.385. The number of nitrogens with one attached hydrogen (secondary N) is 1. The molecule has 2 fully saturated rings. The molecule has 0 amide bonds. The minimum absolute atomic E-state index is 0.538. The second-order valence-electron chi connectivity index (χ2n) is 8.53. The highest BCUT2D eigenvalue weighted by molar-refractivity contribution is 5.72. The van der Waals surface area contributed by atoms with Crippen LogP contribution in [0.5, 0.6) is 5.75 Å². The first-order valence-electron chi connectivity index (χ1n) is 12.0. The van der Waals surface area contributed by atoms with Crippen molar-refractivity contribution in [2.24, 2.45) is 0 Å². The summed E-state index contributed by atoms with van der Waals surface area (Å²) in [4.78, 5) is 16.0. The molecule has 1 aromatic heterocycles. The lowest BCUT2D eigenvalue weighted by Crippen LogP contribution is -2.38. The Balaban J connectivity index is 1.43. The zero-order valence-electron chi connectivity index (χ0n) is 20.3. The number of anilines is 6. The number of para-hydroxylation sites is 2. The van der Waals surface area contributed by atoms with E-state index in [0.717, 1.165) is 75.5 Å². The van der Waals surface area contributed by atoms with E-state index in [2.05, 4.69) is 38.3 Å². The van der Waals surface area contributed by atoms with Crippen molar-refractivity contribution in [3.63, 3.8) is 0 Å². The third kappa shape index (κ3) is 5.41. The summed E-state index contributed by atoms with van der Waals surface area (Å²) < 4.78 is 16.7. The molecule has 0 atom stereocenters. The van der Waals surface area contributed by atoms with Crippen LogP contribution in [0.15, 0.2) is 54.7 Å². The minimum Gasteiger partial charge on any atom is -0.495 e. The van der Waals surface area contributed by atoms with Gasteiger partial charge in [-0.2, -0.15) is 4.98 Å². The zero-order chi connectivity index (χ0) is 24.0. The van der Waals surface area contributed by atoms with Gasteiger partial charge in [0.1, 0.15) is 11.6 Å². The van der Waals surface area contributed by atoms with Gasteiger partial charge in [-0.05, 0) is 36.4 Å². The Morgan fingerprint density at radius 2 is 1.51 bits per heavy atom. The van der Waals surface area contributed by atoms with Crippen LogP contribution >= 0.6 is 0 Å². The van der Waals surface area contributed by atoms with Crippen molar-refractivity contribution in [2.75, 3.05) is 86.8 Å². The van der Waals surface area contributed by atoms with Gasteiger partial charge in [-0.1, -0.05) is 12.1 Å². The number of hydrogen-bond donors (Lipinski definition) is 1. The molecule has 0 bridgehead atoms. The van der Waals surface area contributed by atoms with E-state index < -0.39 is 0 Å². The molecule has 2 aliphatic heterocycles. The molecule has 184 valence electrons. The van der Waals surface area contributed by atoms with E-state index in [4.69, 9.17) is 19.2 Å². The fourth-order valence-corrected chi connectivity index (χ4v) is 4.43. The third-order valence-corrected chi connectivity index (χ3v) is 6.34. The summed E-state index contributed by atoms with van der Waals surface area (Å²) in [5, 5.41) is 3.44. The fourth-order valence-electron chi connectivity index (χ4n) is 4.43. The predicted octanol–water partition coefficient (Wildman–Crippen LogP) is 3.67. The average molecular weight is 477 g/mol. The first kappa shape index (κ1) is 23.2. The molecule has 0 spiro atoms. The molecule has 9 heteroatoms. The Morgan fingerprint density at radius 3 is 2.14 bits per heavy atom. The van der Waals surface area contributed by atoms with Crippen LogP contribution in [-0.2, 0) is 9.47 Å². The highest BCUT2D eigenvalue weighted by Gasteiger charge is 2.18. The van der Waals surface area contributed by atoms with Gasteiger partial charge < -0.3 is 34.2 Å². The van der Waals surface area contributed by atoms with E-state index >= 15 is 0 Å². The van der Waals surface area contributed by atoms with Crippen molar-refractivity contribution in [2.45, 2.75) is 0 Å². The Kier molecular flexibility index (Phi) is 7.15. The number of rotatable bonds is 7. The summed E-state index contributed by atoms with van der Waals surface area (Å²) in [7, 11) is 3.65. The summed E-state index contributed by atoms with van der Waals surface area (Å²) in [6.45, 7) is 6.47. The second kappa shape index (κ2) is 10.8. The van der Waals surface area contributed by atoms with Gasteiger partial charge in [0.05, 0.1) is 39.2 Å². The third-order valence-electron chi connectivity index (χ3n) is 6.34. The van der Waals surface area contributed by atoms with Crippen molar-refractivity contribution >= 4 is 34.5 Å². The molecule has 3 heterocycles. The van der Waals surface area contributed by atoms with Crippen LogP contribution in [-0.4, -0.2) is 76.7 Å². The van der Waals surface area contributed by atoms with E-state index in [1.54, 1.807) is 13.3 Å². The molecular weight excluding hydrogens is 444 g/mol. The lowest BCUT2D eigenvalue weighted by Gasteiger charge is -2.33. The maximum absolute atomic E-state index is 5.56. The van der Waals surface area contributed by atoms with Crippen molar-refractivity contribution in [1.29, 1.82) is 0 Å². The van der Waals surface area contributed by atoms with Gasteiger partial charge in [-0.25, -0.2) is 4.98 Å². The molecule has 2 aliphatic rings.